The highest BCUT2D eigenvalue weighted by Crippen LogP contribution is 2.12. The average Bonchev–Trinajstić information content (AvgIpc) is 2.39. The maximum absolute atomic E-state index is 12.5. The van der Waals surface area contributed by atoms with E-state index in [2.05, 4.69) is 5.10 Å². The lowest BCUT2D eigenvalue weighted by molar-refractivity contribution is -0.0587. The lowest BCUT2D eigenvalue weighted by Gasteiger charge is -2.35. The van der Waals surface area contributed by atoms with Crippen LogP contribution in [0.1, 0.15) is 37.7 Å². The van der Waals surface area contributed by atoms with Gasteiger partial charge in [-0.05, 0) is 26.3 Å². The average molecular weight is 279 g/mol. The van der Waals surface area contributed by atoms with Crippen LogP contribution in [-0.4, -0.2) is 45.9 Å². The number of amides is 1. The molecule has 1 saturated heterocycles. The molecule has 20 heavy (non-hydrogen) atoms. The highest BCUT2D eigenvalue weighted by molar-refractivity contribution is 5.92. The standard InChI is InChI=1S/C14H21N3O3/c1-4-7-17-13(18)6-5-12(15-17)14(19)16-8-10(2)20-11(3)9-16/h5-6,10-11H,4,7-9H2,1-3H3. The van der Waals surface area contributed by atoms with Crippen molar-refractivity contribution in [3.63, 3.8) is 0 Å². The van der Waals surface area contributed by atoms with Gasteiger partial charge < -0.3 is 9.64 Å². The second-order valence-corrected chi connectivity index (χ2v) is 5.25. The van der Waals surface area contributed by atoms with Crippen LogP contribution in [0.25, 0.3) is 0 Å². The molecule has 6 nitrogen and oxygen atoms in total. The number of aromatic nitrogens is 2. The Kier molecular flexibility index (Phi) is 4.54. The predicted molar refractivity (Wildman–Crippen MR) is 74.7 cm³/mol. The van der Waals surface area contributed by atoms with Crippen molar-refractivity contribution in [3.05, 3.63) is 28.2 Å². The number of hydrogen-bond donors (Lipinski definition) is 0. The third kappa shape index (κ3) is 3.25. The van der Waals surface area contributed by atoms with Crippen LogP contribution in [0.2, 0.25) is 0 Å². The first-order valence-corrected chi connectivity index (χ1v) is 7.04. The van der Waals surface area contributed by atoms with Gasteiger partial charge in [0.25, 0.3) is 11.5 Å². The Balaban J connectivity index is 2.20. The van der Waals surface area contributed by atoms with Crippen LogP contribution in [0.5, 0.6) is 0 Å². The molecule has 2 atom stereocenters. The Hall–Kier alpha value is -1.69. The molecule has 110 valence electrons. The molecule has 1 amide bonds. The van der Waals surface area contributed by atoms with Crippen LogP contribution in [0, 0.1) is 0 Å². The normalized spacial score (nSPS) is 22.9. The van der Waals surface area contributed by atoms with E-state index in [1.165, 1.54) is 16.8 Å². The summed E-state index contributed by atoms with van der Waals surface area (Å²) >= 11 is 0. The number of hydrogen-bond acceptors (Lipinski definition) is 4. The summed E-state index contributed by atoms with van der Waals surface area (Å²) in [6, 6.07) is 2.91. The van der Waals surface area contributed by atoms with E-state index in [4.69, 9.17) is 4.74 Å². The van der Waals surface area contributed by atoms with Crippen molar-refractivity contribution < 1.29 is 9.53 Å². The quantitative estimate of drug-likeness (QED) is 0.824. The molecule has 0 aromatic carbocycles. The second-order valence-electron chi connectivity index (χ2n) is 5.25. The molecule has 1 fully saturated rings. The molecule has 2 unspecified atom stereocenters. The Morgan fingerprint density at radius 3 is 2.60 bits per heavy atom. The minimum Gasteiger partial charge on any atom is -0.372 e. The Morgan fingerprint density at radius 2 is 2.00 bits per heavy atom. The number of carbonyl (C=O) groups excluding carboxylic acids is 1. The van der Waals surface area contributed by atoms with Crippen LogP contribution in [0.15, 0.2) is 16.9 Å². The molecular formula is C14H21N3O3. The van der Waals surface area contributed by atoms with E-state index in [9.17, 15) is 9.59 Å². The summed E-state index contributed by atoms with van der Waals surface area (Å²) < 4.78 is 6.96. The van der Waals surface area contributed by atoms with Gasteiger partial charge in [-0.25, -0.2) is 4.68 Å². The number of rotatable bonds is 3. The van der Waals surface area contributed by atoms with Gasteiger partial charge in [-0.3, -0.25) is 9.59 Å². The molecule has 0 N–H and O–H groups in total. The summed E-state index contributed by atoms with van der Waals surface area (Å²) in [5.74, 6) is -0.142. The van der Waals surface area contributed by atoms with E-state index in [1.54, 1.807) is 4.90 Å². The number of carbonyl (C=O) groups is 1. The maximum atomic E-state index is 12.5. The molecule has 0 radical (unpaired) electrons. The second kappa shape index (κ2) is 6.17. The molecule has 2 heterocycles. The monoisotopic (exact) mass is 279 g/mol. The summed E-state index contributed by atoms with van der Waals surface area (Å²) in [5.41, 5.74) is 0.145. The zero-order valence-corrected chi connectivity index (χ0v) is 12.2. The topological polar surface area (TPSA) is 64.4 Å². The van der Waals surface area contributed by atoms with Gasteiger partial charge in [0.15, 0.2) is 0 Å². The van der Waals surface area contributed by atoms with Crippen molar-refractivity contribution in [1.82, 2.24) is 14.7 Å². The summed E-state index contributed by atoms with van der Waals surface area (Å²) in [6.07, 6.45) is 0.837. The minimum absolute atomic E-state index is 0.0178. The van der Waals surface area contributed by atoms with Crippen molar-refractivity contribution in [3.8, 4) is 0 Å². The van der Waals surface area contributed by atoms with Crippen LogP contribution in [-0.2, 0) is 11.3 Å². The van der Waals surface area contributed by atoms with Gasteiger partial charge in [-0.2, -0.15) is 5.10 Å². The maximum Gasteiger partial charge on any atom is 0.274 e. The minimum atomic E-state index is -0.174. The number of aryl methyl sites for hydroxylation is 1. The van der Waals surface area contributed by atoms with E-state index < -0.39 is 0 Å². The van der Waals surface area contributed by atoms with E-state index >= 15 is 0 Å². The summed E-state index contributed by atoms with van der Waals surface area (Å²) in [6.45, 7) is 7.49. The first-order valence-electron chi connectivity index (χ1n) is 7.04. The Bertz CT molecular complexity index is 531. The summed E-state index contributed by atoms with van der Waals surface area (Å²) in [5, 5.41) is 4.16. The lowest BCUT2D eigenvalue weighted by Crippen LogP contribution is -2.48. The molecule has 1 aromatic rings. The van der Waals surface area contributed by atoms with Crippen molar-refractivity contribution in [2.24, 2.45) is 0 Å². The number of ether oxygens (including phenoxy) is 1. The van der Waals surface area contributed by atoms with E-state index in [1.807, 2.05) is 20.8 Å². The van der Waals surface area contributed by atoms with Crippen LogP contribution >= 0.6 is 0 Å². The molecule has 2 rings (SSSR count). The molecule has 1 aliphatic rings. The molecule has 0 aliphatic carbocycles. The Labute approximate surface area is 118 Å². The lowest BCUT2D eigenvalue weighted by atomic mass is 10.2. The summed E-state index contributed by atoms with van der Waals surface area (Å²) in [4.78, 5) is 25.8. The Morgan fingerprint density at radius 1 is 1.35 bits per heavy atom. The third-order valence-electron chi connectivity index (χ3n) is 3.23. The predicted octanol–water partition coefficient (Wildman–Crippen LogP) is 0.903. The molecule has 1 aliphatic heterocycles. The van der Waals surface area contributed by atoms with E-state index in [0.29, 0.717) is 25.3 Å². The molecule has 1 aromatic heterocycles. The van der Waals surface area contributed by atoms with E-state index in [0.717, 1.165) is 6.42 Å². The van der Waals surface area contributed by atoms with Gasteiger partial charge in [-0.1, -0.05) is 6.92 Å². The van der Waals surface area contributed by atoms with Crippen molar-refractivity contribution in [2.75, 3.05) is 13.1 Å². The zero-order valence-electron chi connectivity index (χ0n) is 12.2. The molecule has 0 bridgehead atoms. The molecule has 0 spiro atoms. The first kappa shape index (κ1) is 14.7. The first-order chi connectivity index (χ1) is 9.51. The fraction of sp³-hybridized carbons (Fsp3) is 0.643. The van der Waals surface area contributed by atoms with Crippen molar-refractivity contribution >= 4 is 5.91 Å². The smallest absolute Gasteiger partial charge is 0.274 e. The highest BCUT2D eigenvalue weighted by atomic mass is 16.5. The van der Waals surface area contributed by atoms with Crippen LogP contribution in [0.4, 0.5) is 0 Å². The number of morpholine rings is 1. The fourth-order valence-electron chi connectivity index (χ4n) is 2.44. The fourth-order valence-corrected chi connectivity index (χ4v) is 2.44. The van der Waals surface area contributed by atoms with Gasteiger partial charge in [0.2, 0.25) is 0 Å². The van der Waals surface area contributed by atoms with E-state index in [-0.39, 0.29) is 23.7 Å². The van der Waals surface area contributed by atoms with Gasteiger partial charge in [0.1, 0.15) is 5.69 Å². The largest absolute Gasteiger partial charge is 0.372 e. The van der Waals surface area contributed by atoms with Crippen LogP contribution < -0.4 is 5.56 Å². The molecule has 6 heteroatoms. The van der Waals surface area contributed by atoms with Gasteiger partial charge in [0, 0.05) is 25.7 Å². The highest BCUT2D eigenvalue weighted by Gasteiger charge is 2.27. The van der Waals surface area contributed by atoms with Crippen molar-refractivity contribution in [2.45, 2.75) is 45.9 Å². The van der Waals surface area contributed by atoms with Gasteiger partial charge in [0.05, 0.1) is 12.2 Å². The van der Waals surface area contributed by atoms with Gasteiger partial charge >= 0.3 is 0 Å². The van der Waals surface area contributed by atoms with Crippen molar-refractivity contribution in [1.29, 1.82) is 0 Å². The zero-order chi connectivity index (χ0) is 14.7. The molecular weight excluding hydrogens is 258 g/mol. The molecule has 0 saturated carbocycles. The third-order valence-corrected chi connectivity index (χ3v) is 3.23. The SMILES string of the molecule is CCCn1nc(C(=O)N2CC(C)OC(C)C2)ccc1=O. The number of nitrogens with zero attached hydrogens (tertiary/aromatic N) is 3. The van der Waals surface area contributed by atoms with Crippen LogP contribution in [0.3, 0.4) is 0 Å². The van der Waals surface area contributed by atoms with Gasteiger partial charge in [-0.15, -0.1) is 0 Å². The summed E-state index contributed by atoms with van der Waals surface area (Å²) in [7, 11) is 0.